The Labute approximate surface area is 135 Å². The summed E-state index contributed by atoms with van der Waals surface area (Å²) in [5.41, 5.74) is -0.944. The average molecular weight is 350 g/mol. The van der Waals surface area contributed by atoms with Crippen molar-refractivity contribution in [3.8, 4) is 0 Å². The van der Waals surface area contributed by atoms with Gasteiger partial charge in [0.25, 0.3) is 0 Å². The summed E-state index contributed by atoms with van der Waals surface area (Å²) >= 11 is 0.870. The molecule has 1 amide bonds. The minimum atomic E-state index is -4.48. The summed E-state index contributed by atoms with van der Waals surface area (Å²) in [5.74, 6) is -1.68. The van der Waals surface area contributed by atoms with Gasteiger partial charge in [0, 0.05) is 18.3 Å². The molecular weight excluding hydrogens is 333 g/mol. The molecule has 128 valence electrons. The van der Waals surface area contributed by atoms with Crippen LogP contribution in [0.15, 0.2) is 5.38 Å². The van der Waals surface area contributed by atoms with E-state index in [1.807, 2.05) is 0 Å². The number of amides is 1. The molecular formula is C14H17F3N2O3S. The number of hydrogen-bond donors (Lipinski definition) is 1. The largest absolute Gasteiger partial charge is 0.481 e. The molecule has 0 atom stereocenters. The van der Waals surface area contributed by atoms with E-state index in [4.69, 9.17) is 5.11 Å². The topological polar surface area (TPSA) is 70.5 Å². The van der Waals surface area contributed by atoms with Crippen LogP contribution in [0.25, 0.3) is 0 Å². The van der Waals surface area contributed by atoms with Gasteiger partial charge in [-0.2, -0.15) is 13.2 Å². The second-order valence-electron chi connectivity index (χ2n) is 5.71. The normalized spacial score (nSPS) is 21.9. The van der Waals surface area contributed by atoms with Crippen LogP contribution < -0.4 is 0 Å². The van der Waals surface area contributed by atoms with E-state index in [0.29, 0.717) is 25.7 Å². The number of aromatic nitrogens is 1. The SMILES string of the molecule is CN(Cc1nc(C(F)(F)F)cs1)C(=O)C1CCC(C(=O)O)CC1. The van der Waals surface area contributed by atoms with Gasteiger partial charge in [-0.15, -0.1) is 11.3 Å². The zero-order chi connectivity index (χ0) is 17.2. The highest BCUT2D eigenvalue weighted by Crippen LogP contribution is 2.32. The Morgan fingerprint density at radius 1 is 1.30 bits per heavy atom. The maximum Gasteiger partial charge on any atom is 0.434 e. The maximum absolute atomic E-state index is 12.5. The fourth-order valence-corrected chi connectivity index (χ4v) is 3.55. The third-order valence-electron chi connectivity index (χ3n) is 4.02. The van der Waals surface area contributed by atoms with Crippen molar-refractivity contribution in [1.29, 1.82) is 0 Å². The predicted molar refractivity (Wildman–Crippen MR) is 76.7 cm³/mol. The molecule has 23 heavy (non-hydrogen) atoms. The number of hydrogen-bond acceptors (Lipinski definition) is 4. The number of carboxylic acid groups (broad SMARTS) is 1. The fourth-order valence-electron chi connectivity index (χ4n) is 2.69. The molecule has 0 bridgehead atoms. The van der Waals surface area contributed by atoms with Crippen molar-refractivity contribution in [3.05, 3.63) is 16.1 Å². The number of halogens is 3. The van der Waals surface area contributed by atoms with E-state index in [2.05, 4.69) is 4.98 Å². The summed E-state index contributed by atoms with van der Waals surface area (Å²) in [6.45, 7) is 0.0262. The quantitative estimate of drug-likeness (QED) is 0.906. The van der Waals surface area contributed by atoms with Crippen LogP contribution in [-0.4, -0.2) is 33.9 Å². The Morgan fingerprint density at radius 2 is 1.87 bits per heavy atom. The Hall–Kier alpha value is -1.64. The lowest BCUT2D eigenvalue weighted by atomic mass is 9.81. The zero-order valence-electron chi connectivity index (χ0n) is 12.5. The molecule has 0 aromatic carbocycles. The monoisotopic (exact) mass is 350 g/mol. The smallest absolute Gasteiger partial charge is 0.434 e. The third-order valence-corrected chi connectivity index (χ3v) is 4.85. The zero-order valence-corrected chi connectivity index (χ0v) is 13.3. The summed E-state index contributed by atoms with van der Waals surface area (Å²) in [4.78, 5) is 28.1. The minimum absolute atomic E-state index is 0.0262. The predicted octanol–water partition coefficient (Wildman–Crippen LogP) is 3.01. The number of aliphatic carboxylic acids is 1. The average Bonchev–Trinajstić information content (AvgIpc) is 2.95. The third kappa shape index (κ3) is 4.43. The van der Waals surface area contributed by atoms with Gasteiger partial charge in [0.05, 0.1) is 12.5 Å². The van der Waals surface area contributed by atoms with Crippen molar-refractivity contribution < 1.29 is 27.9 Å². The van der Waals surface area contributed by atoms with Crippen LogP contribution in [0, 0.1) is 11.8 Å². The van der Waals surface area contributed by atoms with Crippen LogP contribution in [0.3, 0.4) is 0 Å². The molecule has 1 fully saturated rings. The molecule has 1 aliphatic rings. The molecule has 5 nitrogen and oxygen atoms in total. The Bertz CT molecular complexity index is 580. The number of rotatable bonds is 4. The highest BCUT2D eigenvalue weighted by Gasteiger charge is 2.34. The number of nitrogens with zero attached hydrogens (tertiary/aromatic N) is 2. The number of thiazole rings is 1. The number of alkyl halides is 3. The molecule has 1 aromatic heterocycles. The van der Waals surface area contributed by atoms with Crippen molar-refractivity contribution in [3.63, 3.8) is 0 Å². The number of carbonyl (C=O) groups is 2. The van der Waals surface area contributed by atoms with Crippen LogP contribution in [0.5, 0.6) is 0 Å². The van der Waals surface area contributed by atoms with Crippen LogP contribution in [0.1, 0.15) is 36.4 Å². The highest BCUT2D eigenvalue weighted by molar-refractivity contribution is 7.09. The van der Waals surface area contributed by atoms with Gasteiger partial charge in [-0.05, 0) is 25.7 Å². The second kappa shape index (κ2) is 6.86. The van der Waals surface area contributed by atoms with Gasteiger partial charge in [-0.3, -0.25) is 9.59 Å². The molecule has 1 N–H and O–H groups in total. The second-order valence-corrected chi connectivity index (χ2v) is 6.65. The van der Waals surface area contributed by atoms with E-state index < -0.39 is 23.8 Å². The first-order valence-corrected chi connectivity index (χ1v) is 8.06. The first-order chi connectivity index (χ1) is 10.7. The molecule has 9 heteroatoms. The molecule has 0 aliphatic heterocycles. The summed E-state index contributed by atoms with van der Waals surface area (Å²) in [7, 11) is 1.53. The summed E-state index contributed by atoms with van der Waals surface area (Å²) in [5, 5.41) is 10.1. The maximum atomic E-state index is 12.5. The van der Waals surface area contributed by atoms with Gasteiger partial charge in [0.1, 0.15) is 5.01 Å². The fraction of sp³-hybridized carbons (Fsp3) is 0.643. The molecule has 0 unspecified atom stereocenters. The molecule has 2 rings (SSSR count). The van der Waals surface area contributed by atoms with Crippen LogP contribution in [0.2, 0.25) is 0 Å². The van der Waals surface area contributed by atoms with Gasteiger partial charge in [-0.25, -0.2) is 4.98 Å². The number of carboxylic acids is 1. The lowest BCUT2D eigenvalue weighted by molar-refractivity contribution is -0.145. The first-order valence-electron chi connectivity index (χ1n) is 7.18. The van der Waals surface area contributed by atoms with E-state index >= 15 is 0 Å². The van der Waals surface area contributed by atoms with Crippen molar-refractivity contribution in [2.45, 2.75) is 38.4 Å². The van der Waals surface area contributed by atoms with E-state index in [9.17, 15) is 22.8 Å². The Morgan fingerprint density at radius 3 is 2.35 bits per heavy atom. The van der Waals surface area contributed by atoms with Crippen molar-refractivity contribution in [1.82, 2.24) is 9.88 Å². The van der Waals surface area contributed by atoms with Crippen LogP contribution in [0.4, 0.5) is 13.2 Å². The van der Waals surface area contributed by atoms with Crippen molar-refractivity contribution in [2.75, 3.05) is 7.05 Å². The lowest BCUT2D eigenvalue weighted by Crippen LogP contribution is -2.35. The van der Waals surface area contributed by atoms with E-state index in [-0.39, 0.29) is 23.4 Å². The van der Waals surface area contributed by atoms with Gasteiger partial charge in [0.15, 0.2) is 5.69 Å². The van der Waals surface area contributed by atoms with Gasteiger partial charge >= 0.3 is 12.1 Å². The molecule has 1 aliphatic carbocycles. The first kappa shape index (κ1) is 17.7. The molecule has 0 saturated heterocycles. The summed E-state index contributed by atoms with van der Waals surface area (Å²) in [6.07, 6.45) is -2.59. The molecule has 1 aromatic rings. The van der Waals surface area contributed by atoms with E-state index in [1.165, 1.54) is 11.9 Å². The van der Waals surface area contributed by atoms with E-state index in [0.717, 1.165) is 16.7 Å². The van der Waals surface area contributed by atoms with E-state index in [1.54, 1.807) is 0 Å². The standard InChI is InChI=1S/C14H17F3N2O3S/c1-19(6-11-18-10(7-23-11)14(15,16)17)12(20)8-2-4-9(5-3-8)13(21)22/h7-9H,2-6H2,1H3,(H,21,22). The summed E-state index contributed by atoms with van der Waals surface area (Å²) in [6, 6.07) is 0. The Balaban J connectivity index is 1.91. The minimum Gasteiger partial charge on any atom is -0.481 e. The van der Waals surface area contributed by atoms with Crippen molar-refractivity contribution in [2.24, 2.45) is 11.8 Å². The van der Waals surface area contributed by atoms with Crippen LogP contribution >= 0.6 is 11.3 Å². The van der Waals surface area contributed by atoms with Gasteiger partial charge in [-0.1, -0.05) is 0 Å². The molecule has 1 saturated carbocycles. The van der Waals surface area contributed by atoms with Crippen LogP contribution in [-0.2, 0) is 22.3 Å². The van der Waals surface area contributed by atoms with Gasteiger partial charge < -0.3 is 10.0 Å². The van der Waals surface area contributed by atoms with Crippen molar-refractivity contribution >= 4 is 23.2 Å². The summed E-state index contributed by atoms with van der Waals surface area (Å²) < 4.78 is 37.5. The molecule has 1 heterocycles. The Kier molecular flexibility index (Phi) is 5.28. The van der Waals surface area contributed by atoms with Gasteiger partial charge in [0.2, 0.25) is 5.91 Å². The molecule has 0 spiro atoms. The lowest BCUT2D eigenvalue weighted by Gasteiger charge is -2.28. The molecule has 0 radical (unpaired) electrons. The highest BCUT2D eigenvalue weighted by atomic mass is 32.1. The number of carbonyl (C=O) groups excluding carboxylic acids is 1.